The normalized spacial score (nSPS) is 12.4. The summed E-state index contributed by atoms with van der Waals surface area (Å²) in [5.74, 6) is -2.93. The number of aromatic nitrogens is 2. The first-order valence-electron chi connectivity index (χ1n) is 21.7. The second-order valence-corrected chi connectivity index (χ2v) is 23.3. The minimum atomic E-state index is -1.21. The highest BCUT2D eigenvalue weighted by Gasteiger charge is 2.32. The highest BCUT2D eigenvalue weighted by molar-refractivity contribution is 8.77. The molecule has 6 amide bonds. The Bertz CT molecular complexity index is 1900. The van der Waals surface area contributed by atoms with E-state index >= 15 is 0 Å². The van der Waals surface area contributed by atoms with Crippen LogP contribution in [-0.4, -0.2) is 141 Å². The van der Waals surface area contributed by atoms with Gasteiger partial charge in [0.1, 0.15) is 28.7 Å². The molecule has 0 aliphatic carbocycles. The van der Waals surface area contributed by atoms with Crippen LogP contribution in [0.25, 0.3) is 0 Å². The Hall–Kier alpha value is -3.30. The fourth-order valence-electron chi connectivity index (χ4n) is 4.28. The van der Waals surface area contributed by atoms with Crippen molar-refractivity contribution in [3.8, 4) is 0 Å². The lowest BCUT2D eigenvalue weighted by atomic mass is 10.1. The molecule has 0 bridgehead atoms. The van der Waals surface area contributed by atoms with E-state index in [2.05, 4.69) is 52.0 Å². The molecule has 0 spiro atoms. The third kappa shape index (κ3) is 40.3. The summed E-state index contributed by atoms with van der Waals surface area (Å²) in [5.41, 5.74) is 10.2. The maximum absolute atomic E-state index is 12.1. The van der Waals surface area contributed by atoms with Crippen molar-refractivity contribution in [2.24, 2.45) is 11.5 Å². The molecule has 10 N–H and O–H groups in total. The Balaban J connectivity index is 0. The van der Waals surface area contributed by atoms with E-state index in [0.29, 0.717) is 42.5 Å². The van der Waals surface area contributed by atoms with Crippen LogP contribution >= 0.6 is 80.7 Å². The van der Waals surface area contributed by atoms with Crippen LogP contribution in [0.15, 0.2) is 58.8 Å². The number of rotatable bonds is 28. The zero-order valence-corrected chi connectivity index (χ0v) is 46.7. The largest absolute Gasteiger partial charge is 0.480 e. The summed E-state index contributed by atoms with van der Waals surface area (Å²) in [4.78, 5) is 115. The van der Waals surface area contributed by atoms with Crippen molar-refractivity contribution in [1.82, 2.24) is 36.3 Å². The molecule has 3 rings (SSSR count). The van der Waals surface area contributed by atoms with Gasteiger partial charge in [-0.3, -0.25) is 38.4 Å². The molecule has 1 saturated heterocycles. The van der Waals surface area contributed by atoms with Gasteiger partial charge in [-0.15, -0.1) is 5.06 Å². The molecule has 21 nitrogen and oxygen atoms in total. The number of hydrogen-bond acceptors (Lipinski definition) is 21. The monoisotopic (exact) mass is 1150 g/mol. The lowest BCUT2D eigenvalue weighted by molar-refractivity contribution is -0.197. The summed E-state index contributed by atoms with van der Waals surface area (Å²) in [5, 5.41) is 30.0. The predicted octanol–water partition coefficient (Wildman–Crippen LogP) is 4.21. The quantitative estimate of drug-likeness (QED) is 0.0256. The number of hydrogen-bond donors (Lipinski definition) is 8. The molecular weight excluding hydrogens is 1080 g/mol. The third-order valence-corrected chi connectivity index (χ3v) is 14.3. The van der Waals surface area contributed by atoms with E-state index in [9.17, 15) is 43.2 Å². The summed E-state index contributed by atoms with van der Waals surface area (Å²) in [6, 6.07) is 9.38. The number of carboxylic acids is 2. The maximum atomic E-state index is 12.1. The average molecular weight is 1150 g/mol. The number of nitrogens with zero attached hydrogens (tertiary/aromatic N) is 3. The minimum absolute atomic E-state index is 0.0152. The Morgan fingerprint density at radius 2 is 1.30 bits per heavy atom. The van der Waals surface area contributed by atoms with Gasteiger partial charge in [0, 0.05) is 80.6 Å². The van der Waals surface area contributed by atoms with Gasteiger partial charge in [0.05, 0.1) is 15.3 Å². The van der Waals surface area contributed by atoms with Gasteiger partial charge in [-0.05, 0) is 79.1 Å². The SMILES string of the molecule is CCN.CCNC(=O)CCSSCC(NC(=O)CCCC(N)C(=O)O)C(=O)NCC(=O)O.CCNC(=O)CCSSc1ccccn1.O=C(CCSSc1ccccn1)ON1C(=O)CCC1=O.[2H][P+](P)=S. The van der Waals surface area contributed by atoms with Crippen molar-refractivity contribution < 1.29 is 58.2 Å². The second kappa shape index (κ2) is 46.8. The van der Waals surface area contributed by atoms with Crippen LogP contribution in [0.5, 0.6) is 0 Å². The fourth-order valence-corrected chi connectivity index (χ4v) is 10.2. The molecule has 70 heavy (non-hydrogen) atoms. The third-order valence-electron chi connectivity index (χ3n) is 7.35. The van der Waals surface area contributed by atoms with E-state index in [0.717, 1.165) is 22.3 Å². The Labute approximate surface area is 442 Å². The van der Waals surface area contributed by atoms with Crippen molar-refractivity contribution >= 4 is 146 Å². The van der Waals surface area contributed by atoms with Crippen molar-refractivity contribution in [3.05, 3.63) is 48.8 Å². The minimum Gasteiger partial charge on any atom is -0.480 e. The van der Waals surface area contributed by atoms with Gasteiger partial charge in [-0.1, -0.05) is 62.2 Å². The first-order valence-corrected chi connectivity index (χ1v) is 31.9. The van der Waals surface area contributed by atoms with Gasteiger partial charge >= 0.3 is 19.2 Å². The highest BCUT2D eigenvalue weighted by atomic mass is 33.1. The molecule has 4 atom stereocenters. The number of hydroxylamine groups is 2. The number of carboxylic acid groups (broad SMARTS) is 2. The van der Waals surface area contributed by atoms with Gasteiger partial charge in [-0.2, -0.15) is 0 Å². The van der Waals surface area contributed by atoms with Crippen LogP contribution in [0.4, 0.5) is 0 Å². The smallest absolute Gasteiger partial charge is 0.355 e. The lowest BCUT2D eigenvalue weighted by Gasteiger charge is -2.17. The molecule has 0 aromatic carbocycles. The van der Waals surface area contributed by atoms with Crippen LogP contribution in [-0.2, 0) is 59.8 Å². The Morgan fingerprint density at radius 1 is 0.814 bits per heavy atom. The summed E-state index contributed by atoms with van der Waals surface area (Å²) < 4.78 is 6.43. The lowest BCUT2D eigenvalue weighted by Crippen LogP contribution is -2.49. The van der Waals surface area contributed by atoms with E-state index in [-0.39, 0.29) is 56.1 Å². The first kappa shape index (κ1) is 66.7. The molecule has 30 heteroatoms. The van der Waals surface area contributed by atoms with Crippen LogP contribution in [0.1, 0.15) is 72.1 Å². The highest BCUT2D eigenvalue weighted by Crippen LogP contribution is 2.30. The summed E-state index contributed by atoms with van der Waals surface area (Å²) >= 11 is 4.31. The van der Waals surface area contributed by atoms with Gasteiger partial charge in [0.15, 0.2) is 18.8 Å². The topological polar surface area (TPSA) is 332 Å². The summed E-state index contributed by atoms with van der Waals surface area (Å²) in [7, 11) is 11.0. The van der Waals surface area contributed by atoms with Gasteiger partial charge < -0.3 is 47.8 Å². The molecule has 4 unspecified atom stereocenters. The summed E-state index contributed by atoms with van der Waals surface area (Å²) in [6.07, 6.45) is 5.03. The number of amides is 6. The van der Waals surface area contributed by atoms with E-state index in [4.69, 9.17) is 27.8 Å². The van der Waals surface area contributed by atoms with Crippen LogP contribution in [0.3, 0.4) is 0 Å². The van der Waals surface area contributed by atoms with Gasteiger partial charge in [0.25, 0.3) is 11.8 Å². The van der Waals surface area contributed by atoms with E-state index in [1.165, 1.54) is 43.2 Å². The number of carbonyl (C=O) groups is 9. The summed E-state index contributed by atoms with van der Waals surface area (Å²) in [6.45, 7) is 6.20. The standard InChI is InChI=1S/C16H28N4O7S2.C12H12N2O4S2.C10H14N2OS2.C2H7N.H2P2S/c1-2-18-12(21)6-7-28-29-9-11(15(25)19-8-14(23)24)20-13(22)5-3-4-10(17)16(26)27;15-10-4-5-11(16)14(10)18-12(17)6-8-19-20-9-3-1-2-7-13-9;1-2-11-9(13)6-8-14-15-10-5-3-4-7-12-10;2*1-2-3/h10-11H,2-9,17H2,1H3,(H,18,21)(H,19,25)(H,20,22)(H,23,24)(H,26,27);1-3,7H,4-6,8H2;3-5,7H,2,6,8H2,1H3,(H,11,13);2-3H2,1H3;1H2/p+1/i/hD. The fraction of sp³-hybridized carbons (Fsp3) is 0.525. The number of carbonyl (C=O) groups excluding carboxylic acids is 7. The molecule has 1 aliphatic rings. The molecule has 1 fully saturated rings. The molecule has 1 aliphatic heterocycles. The second-order valence-electron chi connectivity index (χ2n) is 13.0. The maximum Gasteiger partial charge on any atom is 0.355 e. The van der Waals surface area contributed by atoms with Gasteiger partial charge in [0.2, 0.25) is 23.6 Å². The molecular formula is C40H64N9O12P2S7+. The predicted molar refractivity (Wildman–Crippen MR) is 291 cm³/mol. The molecule has 0 radical (unpaired) electrons. The van der Waals surface area contributed by atoms with Crippen molar-refractivity contribution in [3.63, 3.8) is 0 Å². The molecule has 2 aromatic heterocycles. The van der Waals surface area contributed by atoms with Crippen molar-refractivity contribution in [2.45, 2.75) is 94.3 Å². The van der Waals surface area contributed by atoms with Crippen molar-refractivity contribution in [2.75, 3.05) is 49.2 Å². The van der Waals surface area contributed by atoms with Crippen molar-refractivity contribution in [1.29, 1.82) is 1.28 Å². The molecule has 3 heterocycles. The van der Waals surface area contributed by atoms with Crippen LogP contribution < -0.4 is 32.7 Å². The number of aliphatic carboxylic acids is 2. The molecule has 2 aromatic rings. The Morgan fingerprint density at radius 3 is 1.74 bits per heavy atom. The molecule has 392 valence electrons. The van der Waals surface area contributed by atoms with E-state index in [1.807, 2.05) is 57.2 Å². The first-order chi connectivity index (χ1) is 33.8. The number of imide groups is 1. The van der Waals surface area contributed by atoms with Crippen LogP contribution in [0, 0.1) is 0 Å². The van der Waals surface area contributed by atoms with E-state index < -0.39 is 67.2 Å². The molecule has 0 saturated carbocycles. The number of pyridine rings is 2. The van der Waals surface area contributed by atoms with Crippen LogP contribution in [0.2, 0.25) is 0 Å². The Kier molecular flexibility index (Phi) is 44.5. The zero-order valence-electron chi connectivity index (χ0n) is 39.9. The van der Waals surface area contributed by atoms with E-state index in [1.54, 1.807) is 34.0 Å². The zero-order chi connectivity index (χ0) is 53.8. The average Bonchev–Trinajstić information content (AvgIpc) is 3.64. The number of nitrogens with two attached hydrogens (primary N) is 2. The number of nitrogens with one attached hydrogen (secondary N) is 4. The van der Waals surface area contributed by atoms with Gasteiger partial charge in [-0.25, -0.2) is 14.8 Å².